The number of nitrogens with zero attached hydrogens (tertiary/aromatic N) is 2. The van der Waals surface area contributed by atoms with Crippen LogP contribution in [0.4, 0.5) is 0 Å². The predicted octanol–water partition coefficient (Wildman–Crippen LogP) is 3.73. The average Bonchev–Trinajstić information content (AvgIpc) is 3.04. The Balaban J connectivity index is 1.90. The molecular weight excluding hydrogens is 248 g/mol. The van der Waals surface area contributed by atoms with Crippen LogP contribution in [0.25, 0.3) is 0 Å². The first-order valence-electron chi connectivity index (χ1n) is 7.97. The number of hydrogen-bond donors (Lipinski definition) is 0. The molecule has 0 spiro atoms. The van der Waals surface area contributed by atoms with Gasteiger partial charge in [0, 0.05) is 31.4 Å². The Labute approximate surface area is 123 Å². The van der Waals surface area contributed by atoms with Gasteiger partial charge in [-0.2, -0.15) is 0 Å². The summed E-state index contributed by atoms with van der Waals surface area (Å²) in [5, 5.41) is 0. The summed E-state index contributed by atoms with van der Waals surface area (Å²) in [4.78, 5) is 14.5. The van der Waals surface area contributed by atoms with E-state index in [9.17, 15) is 4.79 Å². The quantitative estimate of drug-likeness (QED) is 0.777. The fourth-order valence-corrected chi connectivity index (χ4v) is 3.16. The van der Waals surface area contributed by atoms with Gasteiger partial charge in [0.2, 0.25) is 5.91 Å². The van der Waals surface area contributed by atoms with Crippen molar-refractivity contribution in [1.82, 2.24) is 9.47 Å². The first-order chi connectivity index (χ1) is 9.58. The molecule has 0 aromatic carbocycles. The van der Waals surface area contributed by atoms with E-state index in [1.54, 1.807) is 0 Å². The molecule has 1 aromatic heterocycles. The normalized spacial score (nSPS) is 16.0. The molecule has 1 aliphatic rings. The number of carbonyl (C=O) groups is 1. The molecule has 0 atom stereocenters. The maximum atomic E-state index is 12.5. The molecule has 0 bridgehead atoms. The number of aryl methyl sites for hydroxylation is 1. The highest BCUT2D eigenvalue weighted by molar-refractivity contribution is 5.76. The van der Waals surface area contributed by atoms with Crippen LogP contribution in [-0.2, 0) is 18.4 Å². The Kier molecular flexibility index (Phi) is 5.27. The summed E-state index contributed by atoms with van der Waals surface area (Å²) in [5.74, 6) is 1.11. The summed E-state index contributed by atoms with van der Waals surface area (Å²) >= 11 is 0. The van der Waals surface area contributed by atoms with Crippen molar-refractivity contribution >= 4 is 5.91 Å². The van der Waals surface area contributed by atoms with Gasteiger partial charge in [-0.3, -0.25) is 4.79 Å². The van der Waals surface area contributed by atoms with E-state index >= 15 is 0 Å². The molecule has 0 radical (unpaired) electrons. The van der Waals surface area contributed by atoms with Crippen molar-refractivity contribution in [1.29, 1.82) is 0 Å². The minimum atomic E-state index is 0.265. The fraction of sp³-hybridized carbons (Fsp3) is 0.706. The first-order valence-corrected chi connectivity index (χ1v) is 7.97. The Morgan fingerprint density at radius 3 is 2.65 bits per heavy atom. The number of aromatic nitrogens is 1. The van der Waals surface area contributed by atoms with Crippen LogP contribution >= 0.6 is 0 Å². The lowest BCUT2D eigenvalue weighted by Gasteiger charge is -2.27. The Morgan fingerprint density at radius 2 is 2.10 bits per heavy atom. The molecule has 3 heteroatoms. The molecule has 1 fully saturated rings. The summed E-state index contributed by atoms with van der Waals surface area (Å²) in [6, 6.07) is 4.40. The smallest absolute Gasteiger partial charge is 0.223 e. The van der Waals surface area contributed by atoms with Gasteiger partial charge in [-0.1, -0.05) is 25.7 Å². The van der Waals surface area contributed by atoms with E-state index in [-0.39, 0.29) is 6.04 Å². The van der Waals surface area contributed by atoms with Gasteiger partial charge in [-0.15, -0.1) is 0 Å². The van der Waals surface area contributed by atoms with Gasteiger partial charge in [0.25, 0.3) is 0 Å². The maximum absolute atomic E-state index is 12.5. The number of rotatable bonds is 6. The summed E-state index contributed by atoms with van der Waals surface area (Å²) in [5.41, 5.74) is 1.20. The highest BCUT2D eigenvalue weighted by Gasteiger charge is 2.21. The van der Waals surface area contributed by atoms with Crippen LogP contribution in [0.15, 0.2) is 18.3 Å². The van der Waals surface area contributed by atoms with Gasteiger partial charge in [-0.25, -0.2) is 0 Å². The van der Waals surface area contributed by atoms with Gasteiger partial charge < -0.3 is 9.47 Å². The standard InChI is InChI=1S/C17H28N2O/c1-14(2)19(13-16-9-6-12-18(16)3)17(20)11-10-15-7-4-5-8-15/h6,9,12,14-15H,4-5,7-8,10-11,13H2,1-3H3. The van der Waals surface area contributed by atoms with Crippen molar-refractivity contribution in [2.24, 2.45) is 13.0 Å². The first kappa shape index (κ1) is 15.1. The van der Waals surface area contributed by atoms with E-state index in [1.807, 2.05) is 24.2 Å². The number of hydrogen-bond acceptors (Lipinski definition) is 1. The van der Waals surface area contributed by atoms with Crippen molar-refractivity contribution in [2.45, 2.75) is 65.0 Å². The van der Waals surface area contributed by atoms with Crippen molar-refractivity contribution in [2.75, 3.05) is 0 Å². The van der Waals surface area contributed by atoms with Crippen molar-refractivity contribution in [3.8, 4) is 0 Å². The molecule has 112 valence electrons. The average molecular weight is 276 g/mol. The zero-order valence-corrected chi connectivity index (χ0v) is 13.1. The van der Waals surface area contributed by atoms with E-state index in [0.717, 1.165) is 18.9 Å². The highest BCUT2D eigenvalue weighted by Crippen LogP contribution is 2.29. The Hall–Kier alpha value is -1.25. The largest absolute Gasteiger partial charge is 0.353 e. The van der Waals surface area contributed by atoms with E-state index in [0.29, 0.717) is 12.3 Å². The molecule has 3 nitrogen and oxygen atoms in total. The Bertz CT molecular complexity index is 430. The third kappa shape index (κ3) is 3.87. The molecule has 0 aliphatic heterocycles. The molecule has 1 aromatic rings. The monoisotopic (exact) mass is 276 g/mol. The SMILES string of the molecule is CC(C)N(Cc1cccn1C)C(=O)CCC1CCCC1. The number of carbonyl (C=O) groups excluding carboxylic acids is 1. The lowest BCUT2D eigenvalue weighted by atomic mass is 10.0. The van der Waals surface area contributed by atoms with Crippen LogP contribution in [-0.4, -0.2) is 21.4 Å². The van der Waals surface area contributed by atoms with E-state index in [1.165, 1.54) is 31.4 Å². The van der Waals surface area contributed by atoms with Crippen molar-refractivity contribution in [3.63, 3.8) is 0 Å². The highest BCUT2D eigenvalue weighted by atomic mass is 16.2. The van der Waals surface area contributed by atoms with Gasteiger partial charge >= 0.3 is 0 Å². The summed E-state index contributed by atoms with van der Waals surface area (Å²) in [6.07, 6.45) is 9.20. The zero-order chi connectivity index (χ0) is 14.5. The molecule has 1 heterocycles. The van der Waals surface area contributed by atoms with Crippen molar-refractivity contribution in [3.05, 3.63) is 24.0 Å². The predicted molar refractivity (Wildman–Crippen MR) is 82.3 cm³/mol. The van der Waals surface area contributed by atoms with Crippen LogP contribution < -0.4 is 0 Å². The van der Waals surface area contributed by atoms with Crippen molar-refractivity contribution < 1.29 is 4.79 Å². The molecule has 0 saturated heterocycles. The molecule has 1 amide bonds. The second-order valence-electron chi connectivity index (χ2n) is 6.41. The zero-order valence-electron chi connectivity index (χ0n) is 13.1. The van der Waals surface area contributed by atoms with Crippen LogP contribution in [0.5, 0.6) is 0 Å². The minimum Gasteiger partial charge on any atom is -0.353 e. The van der Waals surface area contributed by atoms with Crippen LogP contribution in [0, 0.1) is 5.92 Å². The van der Waals surface area contributed by atoms with E-state index in [2.05, 4.69) is 24.5 Å². The Morgan fingerprint density at radius 1 is 1.40 bits per heavy atom. The maximum Gasteiger partial charge on any atom is 0.223 e. The minimum absolute atomic E-state index is 0.265. The van der Waals surface area contributed by atoms with Gasteiger partial charge in [0.1, 0.15) is 0 Å². The lowest BCUT2D eigenvalue weighted by molar-refractivity contribution is -0.134. The van der Waals surface area contributed by atoms with E-state index < -0.39 is 0 Å². The lowest BCUT2D eigenvalue weighted by Crippen LogP contribution is -2.37. The molecule has 2 rings (SSSR count). The molecular formula is C17H28N2O. The van der Waals surface area contributed by atoms with Gasteiger partial charge in [0.15, 0.2) is 0 Å². The van der Waals surface area contributed by atoms with E-state index in [4.69, 9.17) is 0 Å². The molecule has 0 N–H and O–H groups in total. The summed E-state index contributed by atoms with van der Waals surface area (Å²) in [6.45, 7) is 4.94. The molecule has 1 aliphatic carbocycles. The molecule has 20 heavy (non-hydrogen) atoms. The van der Waals surface area contributed by atoms with Crippen LogP contribution in [0.2, 0.25) is 0 Å². The third-order valence-electron chi connectivity index (χ3n) is 4.57. The second-order valence-corrected chi connectivity index (χ2v) is 6.41. The summed E-state index contributed by atoms with van der Waals surface area (Å²) in [7, 11) is 2.04. The van der Waals surface area contributed by atoms with Gasteiger partial charge in [0.05, 0.1) is 6.54 Å². The fourth-order valence-electron chi connectivity index (χ4n) is 3.16. The van der Waals surface area contributed by atoms with Crippen LogP contribution in [0.3, 0.4) is 0 Å². The molecule has 0 unspecified atom stereocenters. The topological polar surface area (TPSA) is 25.2 Å². The second kappa shape index (κ2) is 6.96. The third-order valence-corrected chi connectivity index (χ3v) is 4.57. The van der Waals surface area contributed by atoms with Crippen LogP contribution in [0.1, 0.15) is 58.1 Å². The van der Waals surface area contributed by atoms with Gasteiger partial charge in [-0.05, 0) is 38.3 Å². The molecule has 1 saturated carbocycles. The summed E-state index contributed by atoms with van der Waals surface area (Å²) < 4.78 is 2.10. The number of amides is 1.